The number of alkyl halides is 3. The van der Waals surface area contributed by atoms with Gasteiger partial charge in [0, 0.05) is 51.0 Å². The standard InChI is InChI=1S/C27H28F3N3O2/c1-20-2-9-24(31-19-20)12-13-32-14-16-33(17-15-32)26(34)35-25-10-5-22(6-11-25)18-21-3-7-23(8-4-21)27(28,29)30/h2-11,19H,12-18H2,1H3. The molecule has 1 amide bonds. The molecule has 184 valence electrons. The summed E-state index contributed by atoms with van der Waals surface area (Å²) >= 11 is 0. The molecule has 2 heterocycles. The van der Waals surface area contributed by atoms with E-state index in [0.717, 1.165) is 60.6 Å². The van der Waals surface area contributed by atoms with Crippen LogP contribution in [0.15, 0.2) is 66.9 Å². The van der Waals surface area contributed by atoms with Crippen molar-refractivity contribution in [3.05, 3.63) is 94.8 Å². The summed E-state index contributed by atoms with van der Waals surface area (Å²) in [7, 11) is 0. The molecule has 1 aromatic heterocycles. The Morgan fingerprint density at radius 2 is 1.54 bits per heavy atom. The van der Waals surface area contributed by atoms with Gasteiger partial charge in [-0.2, -0.15) is 13.2 Å². The fraction of sp³-hybridized carbons (Fsp3) is 0.333. The van der Waals surface area contributed by atoms with E-state index in [1.165, 1.54) is 12.1 Å². The number of nitrogens with zero attached hydrogens (tertiary/aromatic N) is 3. The van der Waals surface area contributed by atoms with Crippen molar-refractivity contribution in [2.75, 3.05) is 32.7 Å². The summed E-state index contributed by atoms with van der Waals surface area (Å²) in [6, 6.07) is 16.3. The van der Waals surface area contributed by atoms with Crippen LogP contribution in [0, 0.1) is 6.92 Å². The highest BCUT2D eigenvalue weighted by Crippen LogP contribution is 2.29. The monoisotopic (exact) mass is 483 g/mol. The van der Waals surface area contributed by atoms with Crippen molar-refractivity contribution < 1.29 is 22.7 Å². The molecular weight excluding hydrogens is 455 g/mol. The van der Waals surface area contributed by atoms with E-state index in [-0.39, 0.29) is 6.09 Å². The van der Waals surface area contributed by atoms with Crippen LogP contribution in [-0.2, 0) is 19.0 Å². The smallest absolute Gasteiger partial charge is 0.410 e. The summed E-state index contributed by atoms with van der Waals surface area (Å²) in [6.07, 6.45) is -1.46. The number of halogens is 3. The van der Waals surface area contributed by atoms with Crippen molar-refractivity contribution >= 4 is 6.09 Å². The number of ether oxygens (including phenoxy) is 1. The van der Waals surface area contributed by atoms with Crippen LogP contribution in [0.5, 0.6) is 5.75 Å². The van der Waals surface area contributed by atoms with E-state index in [1.54, 1.807) is 17.0 Å². The molecule has 35 heavy (non-hydrogen) atoms. The van der Waals surface area contributed by atoms with Crippen LogP contribution in [-0.4, -0.2) is 53.6 Å². The Labute approximate surface area is 203 Å². The number of amides is 1. The van der Waals surface area contributed by atoms with Crippen LogP contribution < -0.4 is 4.74 Å². The van der Waals surface area contributed by atoms with Crippen LogP contribution in [0.3, 0.4) is 0 Å². The minimum absolute atomic E-state index is 0.375. The normalized spacial score (nSPS) is 14.7. The van der Waals surface area contributed by atoms with Gasteiger partial charge >= 0.3 is 12.3 Å². The molecule has 0 unspecified atom stereocenters. The van der Waals surface area contributed by atoms with E-state index >= 15 is 0 Å². The maximum atomic E-state index is 12.7. The van der Waals surface area contributed by atoms with Gasteiger partial charge in [0.05, 0.1) is 5.56 Å². The highest BCUT2D eigenvalue weighted by Gasteiger charge is 2.30. The molecule has 5 nitrogen and oxygen atoms in total. The van der Waals surface area contributed by atoms with Crippen molar-refractivity contribution in [2.45, 2.75) is 25.9 Å². The third-order valence-electron chi connectivity index (χ3n) is 6.11. The number of piperazine rings is 1. The molecule has 4 rings (SSSR count). The van der Waals surface area contributed by atoms with E-state index in [1.807, 2.05) is 25.3 Å². The second kappa shape index (κ2) is 10.9. The second-order valence-electron chi connectivity index (χ2n) is 8.79. The van der Waals surface area contributed by atoms with E-state index in [4.69, 9.17) is 4.74 Å². The molecule has 0 bridgehead atoms. The third kappa shape index (κ3) is 7.05. The number of hydrogen-bond donors (Lipinski definition) is 0. The van der Waals surface area contributed by atoms with Gasteiger partial charge in [-0.25, -0.2) is 4.79 Å². The van der Waals surface area contributed by atoms with Crippen LogP contribution in [0.2, 0.25) is 0 Å². The molecule has 0 spiro atoms. The lowest BCUT2D eigenvalue weighted by molar-refractivity contribution is -0.137. The van der Waals surface area contributed by atoms with Crippen molar-refractivity contribution in [3.8, 4) is 5.75 Å². The van der Waals surface area contributed by atoms with E-state index in [9.17, 15) is 18.0 Å². The molecule has 1 saturated heterocycles. The fourth-order valence-electron chi connectivity index (χ4n) is 3.96. The largest absolute Gasteiger partial charge is 0.416 e. The Morgan fingerprint density at radius 1 is 0.914 bits per heavy atom. The Bertz CT molecular complexity index is 1110. The zero-order valence-corrected chi connectivity index (χ0v) is 19.6. The topological polar surface area (TPSA) is 45.7 Å². The first-order valence-corrected chi connectivity index (χ1v) is 11.6. The van der Waals surface area contributed by atoms with Gasteiger partial charge in [-0.05, 0) is 60.4 Å². The van der Waals surface area contributed by atoms with Crippen molar-refractivity contribution in [1.82, 2.24) is 14.8 Å². The molecular formula is C27H28F3N3O2. The predicted molar refractivity (Wildman–Crippen MR) is 127 cm³/mol. The summed E-state index contributed by atoms with van der Waals surface area (Å²) < 4.78 is 43.6. The van der Waals surface area contributed by atoms with Gasteiger partial charge in [0.25, 0.3) is 0 Å². The molecule has 0 radical (unpaired) electrons. The SMILES string of the molecule is Cc1ccc(CCN2CCN(C(=O)Oc3ccc(Cc4ccc(C(F)(F)F)cc4)cc3)CC2)nc1. The van der Waals surface area contributed by atoms with Crippen LogP contribution >= 0.6 is 0 Å². The second-order valence-corrected chi connectivity index (χ2v) is 8.79. The summed E-state index contributed by atoms with van der Waals surface area (Å²) in [5.41, 5.74) is 3.25. The zero-order chi connectivity index (χ0) is 24.8. The van der Waals surface area contributed by atoms with Crippen molar-refractivity contribution in [3.63, 3.8) is 0 Å². The molecule has 1 aliphatic heterocycles. The van der Waals surface area contributed by atoms with Gasteiger partial charge < -0.3 is 9.64 Å². The minimum Gasteiger partial charge on any atom is -0.410 e. The highest BCUT2D eigenvalue weighted by atomic mass is 19.4. The van der Waals surface area contributed by atoms with Crippen molar-refractivity contribution in [2.24, 2.45) is 0 Å². The Hall–Kier alpha value is -3.39. The first kappa shape index (κ1) is 24.7. The number of hydrogen-bond acceptors (Lipinski definition) is 4. The predicted octanol–water partition coefficient (Wildman–Crippen LogP) is 5.36. The summed E-state index contributed by atoms with van der Waals surface area (Å²) in [5.74, 6) is 0.444. The van der Waals surface area contributed by atoms with Crippen LogP contribution in [0.1, 0.15) is 27.9 Å². The average Bonchev–Trinajstić information content (AvgIpc) is 2.85. The highest BCUT2D eigenvalue weighted by molar-refractivity contribution is 5.70. The maximum Gasteiger partial charge on any atom is 0.416 e. The zero-order valence-electron chi connectivity index (χ0n) is 19.6. The molecule has 1 aliphatic rings. The summed E-state index contributed by atoms with van der Waals surface area (Å²) in [5, 5.41) is 0. The molecule has 8 heteroatoms. The van der Waals surface area contributed by atoms with Gasteiger partial charge in [-0.1, -0.05) is 30.3 Å². The molecule has 0 aliphatic carbocycles. The Morgan fingerprint density at radius 3 is 2.11 bits per heavy atom. The number of pyridine rings is 1. The van der Waals surface area contributed by atoms with E-state index in [0.29, 0.717) is 25.3 Å². The lowest BCUT2D eigenvalue weighted by Crippen LogP contribution is -2.49. The average molecular weight is 484 g/mol. The molecule has 0 atom stereocenters. The molecule has 0 N–H and O–H groups in total. The molecule has 1 fully saturated rings. The van der Waals surface area contributed by atoms with Gasteiger partial charge in [0.1, 0.15) is 5.75 Å². The summed E-state index contributed by atoms with van der Waals surface area (Å²) in [6.45, 7) is 5.70. The van der Waals surface area contributed by atoms with Gasteiger partial charge in [0.2, 0.25) is 0 Å². The number of rotatable bonds is 6. The lowest BCUT2D eigenvalue weighted by atomic mass is 10.0. The number of carbonyl (C=O) groups excluding carboxylic acids is 1. The van der Waals surface area contributed by atoms with Gasteiger partial charge in [-0.3, -0.25) is 9.88 Å². The third-order valence-corrected chi connectivity index (χ3v) is 6.11. The number of aromatic nitrogens is 1. The summed E-state index contributed by atoms with van der Waals surface area (Å²) in [4.78, 5) is 21.0. The molecule has 2 aromatic carbocycles. The Balaban J connectivity index is 1.22. The maximum absolute atomic E-state index is 12.7. The molecule has 3 aromatic rings. The van der Waals surface area contributed by atoms with Crippen LogP contribution in [0.25, 0.3) is 0 Å². The Kier molecular flexibility index (Phi) is 7.70. The minimum atomic E-state index is -4.34. The molecule has 0 saturated carbocycles. The number of aryl methyl sites for hydroxylation is 1. The van der Waals surface area contributed by atoms with Gasteiger partial charge in [0.15, 0.2) is 0 Å². The first-order chi connectivity index (χ1) is 16.8. The van der Waals surface area contributed by atoms with E-state index < -0.39 is 11.7 Å². The number of benzene rings is 2. The van der Waals surface area contributed by atoms with Crippen LogP contribution in [0.4, 0.5) is 18.0 Å². The number of carbonyl (C=O) groups is 1. The van der Waals surface area contributed by atoms with Gasteiger partial charge in [-0.15, -0.1) is 0 Å². The first-order valence-electron chi connectivity index (χ1n) is 11.6. The quantitative estimate of drug-likeness (QED) is 0.474. The fourth-order valence-corrected chi connectivity index (χ4v) is 3.96. The van der Waals surface area contributed by atoms with Crippen molar-refractivity contribution in [1.29, 1.82) is 0 Å². The lowest BCUT2D eigenvalue weighted by Gasteiger charge is -2.33. The van der Waals surface area contributed by atoms with E-state index in [2.05, 4.69) is 22.0 Å².